The highest BCUT2D eigenvalue weighted by molar-refractivity contribution is 7.99. The second kappa shape index (κ2) is 7.71. The van der Waals surface area contributed by atoms with Crippen molar-refractivity contribution in [2.45, 2.75) is 45.1 Å². The van der Waals surface area contributed by atoms with Crippen LogP contribution in [0.4, 0.5) is 5.69 Å². The number of fused-ring (bicyclic) bond motifs is 1. The Balaban J connectivity index is 1.50. The van der Waals surface area contributed by atoms with E-state index in [4.69, 9.17) is 0 Å². The number of carbonyl (C=O) groups excluding carboxylic acids is 1. The third kappa shape index (κ3) is 4.10. The van der Waals surface area contributed by atoms with Gasteiger partial charge in [0, 0.05) is 11.8 Å². The van der Waals surface area contributed by atoms with Gasteiger partial charge in [0.1, 0.15) is 0 Å². The number of nitrogens with zero attached hydrogens (tertiary/aromatic N) is 1. The van der Waals surface area contributed by atoms with Crippen molar-refractivity contribution in [1.29, 1.82) is 0 Å². The maximum absolute atomic E-state index is 12.8. The lowest BCUT2D eigenvalue weighted by Crippen LogP contribution is -2.27. The van der Waals surface area contributed by atoms with Crippen molar-refractivity contribution in [2.24, 2.45) is 0 Å². The number of hydrogen-bond donors (Lipinski definition) is 2. The minimum absolute atomic E-state index is 0.0802. The summed E-state index contributed by atoms with van der Waals surface area (Å²) >= 11 is 1.54. The lowest BCUT2D eigenvalue weighted by molar-refractivity contribution is 0.0939. The molecule has 1 atom stereocenters. The van der Waals surface area contributed by atoms with Crippen LogP contribution in [0.2, 0.25) is 0 Å². The Hall–Kier alpha value is -2.53. The van der Waals surface area contributed by atoms with Crippen LogP contribution in [0, 0.1) is 6.92 Å². The first kappa shape index (κ1) is 19.8. The molecule has 0 saturated heterocycles. The number of nitrogens with one attached hydrogen (secondary N) is 2. The minimum Gasteiger partial charge on any atom is -0.344 e. The summed E-state index contributed by atoms with van der Waals surface area (Å²) in [4.78, 5) is 17.3. The molecule has 0 bridgehead atoms. The second-order valence-corrected chi connectivity index (χ2v) is 8.88. The van der Waals surface area contributed by atoms with Gasteiger partial charge in [0.15, 0.2) is 0 Å². The smallest absolute Gasteiger partial charge is 0.251 e. The Kier molecular flexibility index (Phi) is 5.26. The predicted molar refractivity (Wildman–Crippen MR) is 123 cm³/mol. The van der Waals surface area contributed by atoms with Gasteiger partial charge in [-0.2, -0.15) is 0 Å². The van der Waals surface area contributed by atoms with E-state index in [1.54, 1.807) is 0 Å². The summed E-state index contributed by atoms with van der Waals surface area (Å²) in [5.74, 6) is -0.0802. The monoisotopic (exact) mass is 405 g/mol. The molecule has 1 saturated carbocycles. The van der Waals surface area contributed by atoms with Crippen LogP contribution in [0.5, 0.6) is 0 Å². The first-order valence-electron chi connectivity index (χ1n) is 10.0. The van der Waals surface area contributed by atoms with Crippen LogP contribution >= 0.6 is 11.9 Å². The summed E-state index contributed by atoms with van der Waals surface area (Å²) in [5, 5.41) is 5.36. The molecule has 0 spiro atoms. The third-order valence-corrected chi connectivity index (χ3v) is 6.36. The van der Waals surface area contributed by atoms with Crippen LogP contribution < -0.4 is 10.0 Å². The molecule has 1 aliphatic carbocycles. The first-order valence-corrected chi connectivity index (χ1v) is 11.2. The van der Waals surface area contributed by atoms with Crippen LogP contribution in [0.15, 0.2) is 48.7 Å². The topological polar surface area (TPSA) is 54.0 Å². The highest BCUT2D eigenvalue weighted by atomic mass is 32.2. The fraction of sp³-hybridized carbons (Fsp3) is 0.333. The zero-order valence-corrected chi connectivity index (χ0v) is 18.2. The van der Waals surface area contributed by atoms with E-state index >= 15 is 0 Å². The predicted octanol–water partition coefficient (Wildman–Crippen LogP) is 5.78. The van der Waals surface area contributed by atoms with Crippen LogP contribution in [0.1, 0.15) is 59.9 Å². The number of benzene rings is 2. The molecule has 0 aliphatic heterocycles. The van der Waals surface area contributed by atoms with E-state index in [2.05, 4.69) is 46.2 Å². The first-order chi connectivity index (χ1) is 13.9. The van der Waals surface area contributed by atoms with E-state index in [1.807, 2.05) is 44.5 Å². The van der Waals surface area contributed by atoms with Gasteiger partial charge < -0.3 is 10.0 Å². The molecule has 4 nitrogen and oxygen atoms in total. The average molecular weight is 406 g/mol. The molecule has 1 amide bonds. The van der Waals surface area contributed by atoms with Crippen molar-refractivity contribution >= 4 is 34.3 Å². The van der Waals surface area contributed by atoms with Crippen LogP contribution in [0.3, 0.4) is 0 Å². The quantitative estimate of drug-likeness (QED) is 0.511. The maximum Gasteiger partial charge on any atom is 0.251 e. The van der Waals surface area contributed by atoms with Gasteiger partial charge in [0.25, 0.3) is 5.91 Å². The van der Waals surface area contributed by atoms with Crippen LogP contribution in [-0.4, -0.2) is 17.1 Å². The summed E-state index contributed by atoms with van der Waals surface area (Å²) in [7, 11) is 0. The van der Waals surface area contributed by atoms with Gasteiger partial charge in [-0.05, 0) is 72.2 Å². The molecule has 4 rings (SSSR count). The van der Waals surface area contributed by atoms with Crippen molar-refractivity contribution in [1.82, 2.24) is 10.3 Å². The highest BCUT2D eigenvalue weighted by Crippen LogP contribution is 2.48. The number of aromatic nitrogens is 1. The number of hydrogen-bond acceptors (Lipinski definition) is 4. The minimum atomic E-state index is -0.169. The second-order valence-electron chi connectivity index (χ2n) is 8.26. The molecule has 5 heteroatoms. The number of rotatable bonds is 6. The molecule has 2 aromatic carbocycles. The van der Waals surface area contributed by atoms with Gasteiger partial charge in [0.05, 0.1) is 23.6 Å². The van der Waals surface area contributed by atoms with E-state index in [0.29, 0.717) is 11.0 Å². The van der Waals surface area contributed by atoms with Crippen LogP contribution in [0.25, 0.3) is 10.8 Å². The Morgan fingerprint density at radius 3 is 2.55 bits per heavy atom. The molecular formula is C24H27N3OS. The standard InChI is InChI=1S/C24H27N3OS/c1-15-11-21(25-14-22(15)27-29-4)16(2)26-23(28)19-6-5-18-13-20(24(3)9-10-24)8-7-17(18)12-19/h5-8,11-14,16,27H,9-10H2,1-4H3,(H,26,28)/t16-/m1/s1. The number of anilines is 1. The van der Waals surface area contributed by atoms with E-state index < -0.39 is 0 Å². The third-order valence-electron chi connectivity index (χ3n) is 5.93. The molecule has 1 heterocycles. The van der Waals surface area contributed by atoms with Crippen molar-refractivity contribution in [2.75, 3.05) is 11.0 Å². The fourth-order valence-corrected chi connectivity index (χ4v) is 4.06. The average Bonchev–Trinajstić information content (AvgIpc) is 3.47. The van der Waals surface area contributed by atoms with Crippen molar-refractivity contribution in [3.8, 4) is 0 Å². The summed E-state index contributed by atoms with van der Waals surface area (Å²) < 4.78 is 3.21. The SMILES string of the molecule is CSNc1cnc([C@@H](C)NC(=O)c2ccc3cc(C4(C)CC4)ccc3c2)cc1C. The highest BCUT2D eigenvalue weighted by Gasteiger charge is 2.38. The number of amides is 1. The fourth-order valence-electron chi connectivity index (χ4n) is 3.62. The molecule has 1 aromatic heterocycles. The summed E-state index contributed by atoms with van der Waals surface area (Å²) in [5.41, 5.74) is 5.38. The molecule has 1 aliphatic rings. The normalized spacial score (nSPS) is 15.7. The van der Waals surface area contributed by atoms with Crippen molar-refractivity contribution in [3.63, 3.8) is 0 Å². The van der Waals surface area contributed by atoms with E-state index in [9.17, 15) is 4.79 Å². The largest absolute Gasteiger partial charge is 0.344 e. The van der Waals surface area contributed by atoms with Gasteiger partial charge >= 0.3 is 0 Å². The van der Waals surface area contributed by atoms with Crippen molar-refractivity contribution < 1.29 is 4.79 Å². The van der Waals surface area contributed by atoms with E-state index in [0.717, 1.165) is 22.3 Å². The molecule has 2 N–H and O–H groups in total. The summed E-state index contributed by atoms with van der Waals surface area (Å²) in [6.45, 7) is 6.32. The van der Waals surface area contributed by atoms with Gasteiger partial charge in [-0.1, -0.05) is 43.1 Å². The molecule has 150 valence electrons. The Morgan fingerprint density at radius 2 is 1.86 bits per heavy atom. The van der Waals surface area contributed by atoms with E-state index in [1.165, 1.54) is 35.7 Å². The van der Waals surface area contributed by atoms with Crippen molar-refractivity contribution in [3.05, 3.63) is 71.0 Å². The van der Waals surface area contributed by atoms with E-state index in [-0.39, 0.29) is 11.9 Å². The Morgan fingerprint density at radius 1 is 1.14 bits per heavy atom. The lowest BCUT2D eigenvalue weighted by Gasteiger charge is -2.16. The van der Waals surface area contributed by atoms with Gasteiger partial charge in [-0.25, -0.2) is 0 Å². The maximum atomic E-state index is 12.8. The Labute approximate surface area is 176 Å². The number of pyridine rings is 1. The number of aryl methyl sites for hydroxylation is 1. The molecular weight excluding hydrogens is 378 g/mol. The molecule has 0 radical (unpaired) electrons. The molecule has 0 unspecified atom stereocenters. The zero-order chi connectivity index (χ0) is 20.6. The van der Waals surface area contributed by atoms with Crippen LogP contribution in [-0.2, 0) is 5.41 Å². The van der Waals surface area contributed by atoms with Gasteiger partial charge in [-0.3, -0.25) is 9.78 Å². The Bertz CT molecular complexity index is 1070. The number of carbonyl (C=O) groups is 1. The van der Waals surface area contributed by atoms with Gasteiger partial charge in [0.2, 0.25) is 0 Å². The molecule has 1 fully saturated rings. The van der Waals surface area contributed by atoms with Gasteiger partial charge in [-0.15, -0.1) is 0 Å². The lowest BCUT2D eigenvalue weighted by atomic mass is 9.95. The zero-order valence-electron chi connectivity index (χ0n) is 17.4. The summed E-state index contributed by atoms with van der Waals surface area (Å²) in [6.07, 6.45) is 6.32. The summed E-state index contributed by atoms with van der Waals surface area (Å²) in [6, 6.07) is 14.4. The molecule has 3 aromatic rings. The molecule has 29 heavy (non-hydrogen) atoms.